The van der Waals surface area contributed by atoms with Gasteiger partial charge < -0.3 is 43.2 Å². The fraction of sp³-hybridized carbons (Fsp3) is 0.678. The van der Waals surface area contributed by atoms with E-state index in [2.05, 4.69) is 80.4 Å². The van der Waals surface area contributed by atoms with Crippen LogP contribution in [-0.4, -0.2) is 176 Å². The summed E-state index contributed by atoms with van der Waals surface area (Å²) in [7, 11) is 1.74. The molecule has 1 aromatic carbocycles. The highest BCUT2D eigenvalue weighted by Gasteiger charge is 2.68. The largest absolute Gasteiger partial charge is 0.464 e. The number of anilines is 1. The third kappa shape index (κ3) is 9.67. The van der Waals surface area contributed by atoms with Gasteiger partial charge in [0.25, 0.3) is 11.8 Å². The number of pyridine rings is 1. The molecule has 5 atom stereocenters. The zero-order chi connectivity index (χ0) is 54.6. The molecule has 11 heterocycles. The summed E-state index contributed by atoms with van der Waals surface area (Å²) in [5.74, 6) is -1.21. The van der Waals surface area contributed by atoms with E-state index >= 15 is 4.79 Å². The van der Waals surface area contributed by atoms with E-state index in [9.17, 15) is 9.59 Å². The summed E-state index contributed by atoms with van der Waals surface area (Å²) in [5, 5.41) is 8.57. The van der Waals surface area contributed by atoms with Gasteiger partial charge in [-0.3, -0.25) is 34.2 Å². The van der Waals surface area contributed by atoms with Gasteiger partial charge in [0, 0.05) is 122 Å². The summed E-state index contributed by atoms with van der Waals surface area (Å²) in [4.78, 5) is 62.8. The zero-order valence-electron chi connectivity index (χ0n) is 47.4. The van der Waals surface area contributed by atoms with Crippen LogP contribution in [0.3, 0.4) is 0 Å². The van der Waals surface area contributed by atoms with E-state index in [0.29, 0.717) is 96.3 Å². The lowest BCUT2D eigenvalue weighted by atomic mass is 9.61. The quantitative estimate of drug-likeness (QED) is 0.148. The Kier molecular flexibility index (Phi) is 13.5. The molecular weight excluding hydrogens is 1010 g/mol. The Labute approximate surface area is 463 Å². The van der Waals surface area contributed by atoms with Crippen molar-refractivity contribution in [3.8, 4) is 22.5 Å². The van der Waals surface area contributed by atoms with Crippen LogP contribution in [0.25, 0.3) is 33.4 Å². The Bertz CT molecular complexity index is 2980. The molecule has 10 aliphatic rings. The fourth-order valence-electron chi connectivity index (χ4n) is 14.0. The molecule has 18 nitrogen and oxygen atoms in total. The number of fused-ring (bicyclic) bond motifs is 7. The third-order valence-electron chi connectivity index (χ3n) is 18.8. The molecule has 0 radical (unpaired) electrons. The number of thiazole rings is 1. The topological polar surface area (TPSA) is 174 Å². The number of hydrogen-bond donors (Lipinski definition) is 2. The van der Waals surface area contributed by atoms with Gasteiger partial charge in [-0.25, -0.2) is 10.4 Å². The van der Waals surface area contributed by atoms with E-state index in [4.69, 9.17) is 39.8 Å². The van der Waals surface area contributed by atoms with Gasteiger partial charge in [-0.1, -0.05) is 26.8 Å². The first kappa shape index (κ1) is 51.6. The Morgan fingerprint density at radius 3 is 2.47 bits per heavy atom. The number of rotatable bonds is 12. The number of methoxy groups -OCH3 is 1. The Hall–Kier alpha value is -4.57. The third-order valence-corrected chi connectivity index (χ3v) is 19.7. The summed E-state index contributed by atoms with van der Waals surface area (Å²) in [6.07, 6.45) is 7.20. The average Bonchev–Trinajstić information content (AvgIpc) is 3.98. The summed E-state index contributed by atoms with van der Waals surface area (Å²) >= 11 is 1.49. The molecule has 4 aromatic rings. The first-order valence-corrected chi connectivity index (χ1v) is 29.7. The molecule has 78 heavy (non-hydrogen) atoms. The van der Waals surface area contributed by atoms with Crippen molar-refractivity contribution < 1.29 is 44.2 Å². The number of aromatic nitrogens is 3. The number of nitrogens with one attached hydrogen (secondary N) is 2. The van der Waals surface area contributed by atoms with Gasteiger partial charge >= 0.3 is 5.97 Å². The van der Waals surface area contributed by atoms with Crippen LogP contribution in [0.4, 0.5) is 5.69 Å². The number of hydrogen-bond acceptors (Lipinski definition) is 16. The van der Waals surface area contributed by atoms with Crippen LogP contribution in [-0.2, 0) is 55.8 Å². The van der Waals surface area contributed by atoms with E-state index < -0.39 is 52.5 Å². The molecule has 2 N–H and O–H groups in total. The molecule has 14 rings (SSSR count). The highest BCUT2D eigenvalue weighted by atomic mass is 32.1. The SMILES string of the molecule is [2H][C@@]1(C)OC2(C(=O)N[C@@H]3C(=O)N4CCC[C@H](N4)C(=O)OCC(C)(C)Cc4c(-c5cc(N6CCN(C7CC7)CC6)cnc5[C@H](C)OC)n(CCOC5CCOCC5)c5ccc(cc45)-c4csc(n4)[C@H]3N3CC4(COC4)C3)CC1(C)C2. The predicted molar refractivity (Wildman–Crippen MR) is 295 cm³/mol. The number of carbonyl (C=O) groups is 3. The van der Waals surface area contributed by atoms with Crippen LogP contribution in [0, 0.1) is 16.2 Å². The van der Waals surface area contributed by atoms with E-state index in [-0.39, 0.29) is 30.1 Å². The van der Waals surface area contributed by atoms with Gasteiger partial charge in [0.2, 0.25) is 0 Å². The zero-order valence-corrected chi connectivity index (χ0v) is 47.2. The minimum absolute atomic E-state index is 0.0328. The van der Waals surface area contributed by atoms with E-state index in [1.54, 1.807) is 14.0 Å². The molecule has 2 aliphatic carbocycles. The van der Waals surface area contributed by atoms with Crippen molar-refractivity contribution in [2.24, 2.45) is 16.2 Å². The number of esters is 1. The summed E-state index contributed by atoms with van der Waals surface area (Å²) in [5.41, 5.74) is 8.75. The van der Waals surface area contributed by atoms with Crippen LogP contribution < -0.4 is 15.6 Å². The number of nitrogens with zero attached hydrogens (tertiary/aromatic N) is 7. The highest BCUT2D eigenvalue weighted by Crippen LogP contribution is 2.61. The van der Waals surface area contributed by atoms with Crippen LogP contribution in [0.1, 0.15) is 116 Å². The second-order valence-corrected chi connectivity index (χ2v) is 26.2. The fourth-order valence-corrected chi connectivity index (χ4v) is 15.0. The van der Waals surface area contributed by atoms with Crippen molar-refractivity contribution in [1.82, 2.24) is 40.1 Å². The van der Waals surface area contributed by atoms with Crippen molar-refractivity contribution >= 4 is 45.7 Å². The maximum Gasteiger partial charge on any atom is 0.324 e. The predicted octanol–water partition coefficient (Wildman–Crippen LogP) is 6.45. The first-order valence-electron chi connectivity index (χ1n) is 29.3. The van der Waals surface area contributed by atoms with Crippen molar-refractivity contribution in [2.75, 3.05) is 97.5 Å². The molecule has 2 saturated carbocycles. The van der Waals surface area contributed by atoms with Gasteiger partial charge in [-0.05, 0) is 95.4 Å². The first-order chi connectivity index (χ1) is 37.9. The molecule has 8 aliphatic heterocycles. The minimum atomic E-state index is -1.25. The molecule has 3 aromatic heterocycles. The van der Waals surface area contributed by atoms with Crippen molar-refractivity contribution in [1.29, 1.82) is 0 Å². The number of ether oxygens (including phenoxy) is 6. The normalized spacial score (nSPS) is 32.0. The van der Waals surface area contributed by atoms with Gasteiger partial charge in [0.15, 0.2) is 0 Å². The number of hydrazine groups is 1. The van der Waals surface area contributed by atoms with Crippen molar-refractivity contribution in [2.45, 2.75) is 147 Å². The standard InChI is InChI=1S/C59H79N9O9S/c1-36(72-6)48-43(25-40(27-60-48)65-18-16-64(17-19-65)39-10-11-39)50-44-26-56(3,4)33-76-54(70)45-8-7-15-68(63-45)53(69)49(62-55(71)59-29-57(5,30-59)37(2)77-59)51(66-31-58(32-66)34-74-35-58)52-61-46(28-78-52)38-9-12-47(42(44)24-38)67(50)20-23-75-41-13-21-73-22-14-41/h9,12,24-25,27-28,36-37,39,41,45,49,51,63H,7-8,10-11,13-23,26,29-35H2,1-6H3,(H,62,71)/t36-,37-,45-,49-,51-,57?,59?/m0/s1/i37D. The molecule has 9 fully saturated rings. The van der Waals surface area contributed by atoms with Crippen molar-refractivity contribution in [3.63, 3.8) is 0 Å². The van der Waals surface area contributed by atoms with E-state index in [1.807, 2.05) is 13.1 Å². The summed E-state index contributed by atoms with van der Waals surface area (Å²) < 4.78 is 48.3. The Balaban J connectivity index is 0.947. The molecule has 19 heteroatoms. The molecule has 7 saturated heterocycles. The van der Waals surface area contributed by atoms with E-state index in [0.717, 1.165) is 95.4 Å². The lowest BCUT2D eigenvalue weighted by Crippen LogP contribution is -2.70. The molecule has 2 amide bonds. The molecular formula is C59H79N9O9S. The molecule has 8 bridgehead atoms. The second-order valence-electron chi connectivity index (χ2n) is 25.3. The number of piperazine rings is 1. The number of cyclic esters (lactones) is 1. The van der Waals surface area contributed by atoms with E-state index in [1.165, 1.54) is 29.2 Å². The number of amides is 2. The van der Waals surface area contributed by atoms with Gasteiger partial charge in [-0.15, -0.1) is 11.3 Å². The number of benzene rings is 1. The lowest BCUT2D eigenvalue weighted by molar-refractivity contribution is -0.203. The molecule has 420 valence electrons. The van der Waals surface area contributed by atoms with Crippen LogP contribution in [0.15, 0.2) is 35.8 Å². The lowest BCUT2D eigenvalue weighted by Gasteiger charge is -2.58. The average molecular weight is 1090 g/mol. The minimum Gasteiger partial charge on any atom is -0.464 e. The van der Waals surface area contributed by atoms with Gasteiger partial charge in [-0.2, -0.15) is 0 Å². The smallest absolute Gasteiger partial charge is 0.324 e. The molecule has 0 unspecified atom stereocenters. The van der Waals surface area contributed by atoms with Crippen LogP contribution in [0.5, 0.6) is 0 Å². The van der Waals surface area contributed by atoms with Gasteiger partial charge in [0.1, 0.15) is 22.7 Å². The second kappa shape index (κ2) is 20.4. The number of carbonyl (C=O) groups excluding carboxylic acids is 3. The summed E-state index contributed by atoms with van der Waals surface area (Å²) in [6, 6.07) is 7.08. The Morgan fingerprint density at radius 1 is 0.987 bits per heavy atom. The maximum absolute atomic E-state index is 15.4. The maximum atomic E-state index is 15.4. The molecule has 1 spiro atoms. The van der Waals surface area contributed by atoms with Crippen LogP contribution >= 0.6 is 11.3 Å². The van der Waals surface area contributed by atoms with Crippen molar-refractivity contribution in [3.05, 3.63) is 52.1 Å². The highest BCUT2D eigenvalue weighted by molar-refractivity contribution is 7.10. The van der Waals surface area contributed by atoms with Gasteiger partial charge in [0.05, 0.1) is 81.1 Å². The number of likely N-dealkylation sites (tertiary alicyclic amines) is 1. The monoisotopic (exact) mass is 1090 g/mol. The van der Waals surface area contributed by atoms with Crippen LogP contribution in [0.2, 0.25) is 0 Å². The summed E-state index contributed by atoms with van der Waals surface area (Å²) in [6.45, 7) is 19.4. The Morgan fingerprint density at radius 2 is 1.77 bits per heavy atom.